The minimum absolute atomic E-state index is 0.0777. The lowest BCUT2D eigenvalue weighted by molar-refractivity contribution is -0.0150. The van der Waals surface area contributed by atoms with E-state index < -0.39 is 6.10 Å². The van der Waals surface area contributed by atoms with E-state index in [2.05, 4.69) is 18.7 Å². The molecule has 0 aliphatic carbocycles. The van der Waals surface area contributed by atoms with Crippen LogP contribution in [0.1, 0.15) is 45.4 Å². The fraction of sp³-hybridized carbons (Fsp3) is 0.464. The fourth-order valence-corrected chi connectivity index (χ4v) is 3.87. The van der Waals surface area contributed by atoms with Gasteiger partial charge in [0.2, 0.25) is 5.88 Å². The highest BCUT2D eigenvalue weighted by atomic mass is 16.5. The number of benzene rings is 2. The van der Waals surface area contributed by atoms with Crippen LogP contribution in [0.3, 0.4) is 0 Å². The van der Waals surface area contributed by atoms with Crippen LogP contribution < -0.4 is 9.47 Å². The molecule has 7 heteroatoms. The van der Waals surface area contributed by atoms with E-state index in [1.165, 1.54) is 0 Å². The molecule has 2 atom stereocenters. The van der Waals surface area contributed by atoms with E-state index in [1.807, 2.05) is 80.1 Å². The molecule has 0 radical (unpaired) electrons. The zero-order chi connectivity index (χ0) is 25.4. The van der Waals surface area contributed by atoms with Crippen molar-refractivity contribution in [2.24, 2.45) is 0 Å². The Morgan fingerprint density at radius 1 is 1.00 bits per heavy atom. The van der Waals surface area contributed by atoms with Crippen molar-refractivity contribution in [1.82, 2.24) is 14.7 Å². The first-order valence-corrected chi connectivity index (χ1v) is 12.3. The fourth-order valence-electron chi connectivity index (χ4n) is 3.87. The third-order valence-corrected chi connectivity index (χ3v) is 6.06. The van der Waals surface area contributed by atoms with Gasteiger partial charge in [-0.25, -0.2) is 4.68 Å². The molecule has 0 fully saturated rings. The van der Waals surface area contributed by atoms with Gasteiger partial charge in [0.25, 0.3) is 0 Å². The Morgan fingerprint density at radius 3 is 2.29 bits per heavy atom. The van der Waals surface area contributed by atoms with Crippen LogP contribution in [-0.2, 0) is 11.3 Å². The molecule has 35 heavy (non-hydrogen) atoms. The molecule has 0 aliphatic rings. The Kier molecular flexibility index (Phi) is 9.72. The van der Waals surface area contributed by atoms with E-state index >= 15 is 0 Å². The van der Waals surface area contributed by atoms with Crippen molar-refractivity contribution >= 4 is 0 Å². The largest absolute Gasteiger partial charge is 0.493 e. The van der Waals surface area contributed by atoms with Gasteiger partial charge in [-0.15, -0.1) is 0 Å². The van der Waals surface area contributed by atoms with Gasteiger partial charge < -0.3 is 19.3 Å². The summed E-state index contributed by atoms with van der Waals surface area (Å²) in [5.41, 5.74) is 2.75. The molecule has 3 rings (SSSR count). The van der Waals surface area contributed by atoms with Crippen LogP contribution in [0.2, 0.25) is 0 Å². The quantitative estimate of drug-likeness (QED) is 0.354. The van der Waals surface area contributed by atoms with E-state index in [1.54, 1.807) is 7.11 Å². The third kappa shape index (κ3) is 7.07. The molecule has 0 spiro atoms. The van der Waals surface area contributed by atoms with Crippen molar-refractivity contribution in [1.29, 1.82) is 0 Å². The minimum atomic E-state index is -0.588. The van der Waals surface area contributed by atoms with Gasteiger partial charge in [-0.3, -0.25) is 4.90 Å². The maximum atomic E-state index is 10.7. The number of aryl methyl sites for hydroxylation is 1. The Balaban J connectivity index is 1.99. The third-order valence-electron chi connectivity index (χ3n) is 6.06. The second kappa shape index (κ2) is 12.7. The summed E-state index contributed by atoms with van der Waals surface area (Å²) in [7, 11) is 1.63. The lowest BCUT2D eigenvalue weighted by atomic mass is 10.1. The van der Waals surface area contributed by atoms with Crippen molar-refractivity contribution in [2.45, 2.75) is 65.8 Å². The van der Waals surface area contributed by atoms with Crippen molar-refractivity contribution < 1.29 is 19.3 Å². The first-order valence-electron chi connectivity index (χ1n) is 12.3. The van der Waals surface area contributed by atoms with Crippen LogP contribution in [0.5, 0.6) is 17.4 Å². The lowest BCUT2D eigenvalue weighted by Gasteiger charge is -2.30. The molecule has 0 bridgehead atoms. The van der Waals surface area contributed by atoms with Gasteiger partial charge in [0, 0.05) is 19.1 Å². The molecule has 3 aromatic rings. The number of hydrogen-bond acceptors (Lipinski definition) is 6. The molecule has 2 aromatic carbocycles. The Morgan fingerprint density at radius 2 is 1.66 bits per heavy atom. The smallest absolute Gasteiger partial charge is 0.227 e. The van der Waals surface area contributed by atoms with Crippen molar-refractivity contribution in [3.63, 3.8) is 0 Å². The number of ether oxygens (including phenoxy) is 3. The van der Waals surface area contributed by atoms with E-state index in [0.29, 0.717) is 37.1 Å². The van der Waals surface area contributed by atoms with Crippen LogP contribution in [-0.4, -0.2) is 58.3 Å². The van der Waals surface area contributed by atoms with E-state index in [-0.39, 0.29) is 12.1 Å². The zero-order valence-electron chi connectivity index (χ0n) is 21.8. The van der Waals surface area contributed by atoms with Gasteiger partial charge in [0.05, 0.1) is 42.9 Å². The van der Waals surface area contributed by atoms with E-state index in [4.69, 9.17) is 19.3 Å². The monoisotopic (exact) mass is 481 g/mol. The van der Waals surface area contributed by atoms with Gasteiger partial charge in [-0.1, -0.05) is 37.3 Å². The normalized spacial score (nSPS) is 13.3. The van der Waals surface area contributed by atoms with Gasteiger partial charge in [0.1, 0.15) is 0 Å². The SMILES string of the molecule is CC[C@@H](C)N(Cc1c(C)nn(-c2ccccc2)c1Oc1ccccc1OC)C[C@H](O)COC(C)C. The topological polar surface area (TPSA) is 69.0 Å². The highest BCUT2D eigenvalue weighted by Crippen LogP contribution is 2.36. The molecule has 1 aromatic heterocycles. The zero-order valence-corrected chi connectivity index (χ0v) is 21.8. The molecule has 0 saturated heterocycles. The predicted octanol–water partition coefficient (Wildman–Crippen LogP) is 5.37. The van der Waals surface area contributed by atoms with Crippen molar-refractivity contribution in [3.05, 3.63) is 65.9 Å². The summed E-state index contributed by atoms with van der Waals surface area (Å²) in [4.78, 5) is 2.27. The molecular formula is C28H39N3O4. The Bertz CT molecular complexity index is 1050. The summed E-state index contributed by atoms with van der Waals surface area (Å²) >= 11 is 0. The summed E-state index contributed by atoms with van der Waals surface area (Å²) in [6, 6.07) is 17.8. The second-order valence-electron chi connectivity index (χ2n) is 9.09. The summed E-state index contributed by atoms with van der Waals surface area (Å²) in [5, 5.41) is 15.5. The molecule has 1 heterocycles. The summed E-state index contributed by atoms with van der Waals surface area (Å²) in [6.45, 7) is 11.6. The number of para-hydroxylation sites is 3. The molecule has 190 valence electrons. The van der Waals surface area contributed by atoms with Gasteiger partial charge in [0.15, 0.2) is 11.5 Å². The number of methoxy groups -OCH3 is 1. The minimum Gasteiger partial charge on any atom is -0.493 e. The van der Waals surface area contributed by atoms with Gasteiger partial charge in [-0.05, 0) is 58.4 Å². The molecular weight excluding hydrogens is 442 g/mol. The molecule has 0 saturated carbocycles. The van der Waals surface area contributed by atoms with Crippen LogP contribution in [0.15, 0.2) is 54.6 Å². The summed E-state index contributed by atoms with van der Waals surface area (Å²) in [6.07, 6.45) is 0.440. The Hall–Kier alpha value is -2.87. The molecule has 1 N–H and O–H groups in total. The van der Waals surface area contributed by atoms with Crippen molar-refractivity contribution in [3.8, 4) is 23.1 Å². The molecule has 7 nitrogen and oxygen atoms in total. The number of aliphatic hydroxyl groups is 1. The maximum Gasteiger partial charge on any atom is 0.227 e. The highest BCUT2D eigenvalue weighted by molar-refractivity contribution is 5.47. The van der Waals surface area contributed by atoms with Crippen LogP contribution in [0.25, 0.3) is 5.69 Å². The average Bonchev–Trinajstić information content (AvgIpc) is 3.17. The van der Waals surface area contributed by atoms with E-state index in [9.17, 15) is 5.11 Å². The number of hydrogen-bond donors (Lipinski definition) is 1. The Labute approximate surface area is 209 Å². The molecule has 0 amide bonds. The average molecular weight is 482 g/mol. The van der Waals surface area contributed by atoms with Crippen LogP contribution >= 0.6 is 0 Å². The van der Waals surface area contributed by atoms with Crippen LogP contribution in [0.4, 0.5) is 0 Å². The van der Waals surface area contributed by atoms with Gasteiger partial charge in [-0.2, -0.15) is 5.10 Å². The number of rotatable bonds is 13. The first-order chi connectivity index (χ1) is 16.8. The number of aliphatic hydroxyl groups excluding tert-OH is 1. The maximum absolute atomic E-state index is 10.7. The second-order valence-corrected chi connectivity index (χ2v) is 9.09. The van der Waals surface area contributed by atoms with Crippen molar-refractivity contribution in [2.75, 3.05) is 20.3 Å². The summed E-state index contributed by atoms with van der Waals surface area (Å²) in [5.74, 6) is 1.91. The van der Waals surface area contributed by atoms with Gasteiger partial charge >= 0.3 is 0 Å². The predicted molar refractivity (Wildman–Crippen MR) is 139 cm³/mol. The first kappa shape index (κ1) is 26.7. The number of nitrogens with zero attached hydrogens (tertiary/aromatic N) is 3. The summed E-state index contributed by atoms with van der Waals surface area (Å²) < 4.78 is 19.5. The lowest BCUT2D eigenvalue weighted by Crippen LogP contribution is -2.40. The van der Waals surface area contributed by atoms with E-state index in [0.717, 1.165) is 23.4 Å². The molecule has 0 unspecified atom stereocenters. The van der Waals surface area contributed by atoms with Crippen LogP contribution in [0, 0.1) is 6.92 Å². The molecule has 0 aliphatic heterocycles. The number of aromatic nitrogens is 2. The highest BCUT2D eigenvalue weighted by Gasteiger charge is 2.25. The standard InChI is InChI=1S/C28H39N3O4/c1-7-21(4)30(17-24(32)19-34-20(2)3)18-25-22(5)29-31(23-13-9-8-10-14-23)28(25)35-27-16-12-11-15-26(27)33-6/h8-16,20-21,24,32H,7,17-19H2,1-6H3/t21-,24+/m1/s1.